The third-order valence-corrected chi connectivity index (χ3v) is 17.5. The second-order valence-corrected chi connectivity index (χ2v) is 31.8. The second kappa shape index (κ2) is 9.53. The molecule has 0 radical (unpaired) electrons. The van der Waals surface area contributed by atoms with Crippen molar-refractivity contribution in [3.05, 3.63) is 0 Å². The smallest absolute Gasteiger partial charge is 0.158 e. The number of hydrogen-bond donors (Lipinski definition) is 0. The van der Waals surface area contributed by atoms with Crippen LogP contribution in [0.5, 0.6) is 0 Å². The fraction of sp³-hybridized carbons (Fsp3) is 0.842. The van der Waals surface area contributed by atoms with Crippen molar-refractivity contribution in [2.75, 3.05) is 0 Å². The summed E-state index contributed by atoms with van der Waals surface area (Å²) < 4.78 is 4.84. The molecule has 0 bridgehead atoms. The zero-order valence-electron chi connectivity index (χ0n) is 21.1. The maximum absolute atomic E-state index is 11.9. The van der Waals surface area contributed by atoms with E-state index in [1.807, 2.05) is 0 Å². The van der Waals surface area contributed by atoms with Crippen LogP contribution in [0.4, 0.5) is 0 Å². The van der Waals surface area contributed by atoms with Gasteiger partial charge < -0.3 is 8.68 Å². The Bertz CT molecular complexity index is 577. The first-order valence-corrected chi connectivity index (χ1v) is 24.1. The zero-order chi connectivity index (χ0) is 22.7. The van der Waals surface area contributed by atoms with Crippen LogP contribution in [0.2, 0.25) is 78.6 Å². The van der Waals surface area contributed by atoms with Gasteiger partial charge in [0, 0.05) is 24.3 Å². The number of hydrogen-bond acceptors (Lipinski definition) is 5. The minimum atomic E-state index is -1.62. The molecule has 0 aliphatic heterocycles. The van der Waals surface area contributed by atoms with Crippen molar-refractivity contribution in [1.82, 2.24) is 8.68 Å². The number of hydrazone groups is 2. The fourth-order valence-corrected chi connectivity index (χ4v) is 21.6. The van der Waals surface area contributed by atoms with Crippen LogP contribution in [0.25, 0.3) is 0 Å². The first-order chi connectivity index (χ1) is 12.2. The number of carbonyl (C=O) groups is 1. The summed E-state index contributed by atoms with van der Waals surface area (Å²) >= 11 is 0. The number of rotatable bonds is 10. The molecule has 0 aliphatic carbocycles. The highest BCUT2D eigenvalue weighted by Gasteiger charge is 2.35. The van der Waals surface area contributed by atoms with Crippen molar-refractivity contribution in [3.8, 4) is 0 Å². The molecule has 5 nitrogen and oxygen atoms in total. The first-order valence-electron chi connectivity index (χ1n) is 10.4. The Kier molecular flexibility index (Phi) is 9.35. The minimum Gasteiger partial charge on any atom is -0.350 e. The topological polar surface area (TPSA) is 48.3 Å². The molecule has 164 valence electrons. The first kappa shape index (κ1) is 27.5. The maximum Gasteiger partial charge on any atom is 0.158 e. The highest BCUT2D eigenvalue weighted by atomic mass is 28.4. The third-order valence-electron chi connectivity index (χ3n) is 3.97. The highest BCUT2D eigenvalue weighted by molar-refractivity contribution is 6.90. The molecule has 0 rings (SSSR count). The van der Waals surface area contributed by atoms with E-state index in [4.69, 9.17) is 10.2 Å². The van der Waals surface area contributed by atoms with E-state index in [0.29, 0.717) is 12.8 Å². The standard InChI is InChI=1S/C19H46N4OSi4/c1-17(20-22(25(3,4)5)26(6,7)8)15-19(16-18(2)24)21-23(27(9,10)11)28(12,13)14/h15-16H2,1-14H3/b20-17+,21-19-. The van der Waals surface area contributed by atoms with E-state index in [1.54, 1.807) is 6.92 Å². The van der Waals surface area contributed by atoms with Crippen molar-refractivity contribution in [3.63, 3.8) is 0 Å². The van der Waals surface area contributed by atoms with Gasteiger partial charge in [0.25, 0.3) is 0 Å². The van der Waals surface area contributed by atoms with E-state index in [9.17, 15) is 4.79 Å². The highest BCUT2D eigenvalue weighted by Crippen LogP contribution is 2.23. The van der Waals surface area contributed by atoms with Gasteiger partial charge in [-0.25, -0.2) is 10.2 Å². The summed E-state index contributed by atoms with van der Waals surface area (Å²) in [6.45, 7) is 31.9. The van der Waals surface area contributed by atoms with Crippen molar-refractivity contribution in [2.24, 2.45) is 10.2 Å². The lowest BCUT2D eigenvalue weighted by molar-refractivity contribution is -0.115. The van der Waals surface area contributed by atoms with E-state index in [2.05, 4.69) is 94.2 Å². The maximum atomic E-state index is 11.9. The fourth-order valence-electron chi connectivity index (χ4n) is 3.68. The number of nitrogens with zero attached hydrogens (tertiary/aromatic N) is 4. The normalized spacial score (nSPS) is 14.9. The second-order valence-electron chi connectivity index (χ2n) is 11.9. The average molecular weight is 459 g/mol. The van der Waals surface area contributed by atoms with Crippen LogP contribution < -0.4 is 0 Å². The van der Waals surface area contributed by atoms with Crippen LogP contribution in [-0.4, -0.2) is 58.8 Å². The van der Waals surface area contributed by atoms with Crippen molar-refractivity contribution >= 4 is 50.1 Å². The van der Waals surface area contributed by atoms with Crippen LogP contribution in [-0.2, 0) is 4.79 Å². The average Bonchev–Trinajstić information content (AvgIpc) is 2.36. The molecule has 0 saturated carbocycles. The van der Waals surface area contributed by atoms with Crippen molar-refractivity contribution in [1.29, 1.82) is 0 Å². The zero-order valence-corrected chi connectivity index (χ0v) is 25.1. The van der Waals surface area contributed by atoms with Crippen LogP contribution in [0.15, 0.2) is 10.2 Å². The van der Waals surface area contributed by atoms with Crippen LogP contribution >= 0.6 is 0 Å². The summed E-state index contributed by atoms with van der Waals surface area (Å²) in [6, 6.07) is 0. The predicted molar refractivity (Wildman–Crippen MR) is 138 cm³/mol. The van der Waals surface area contributed by atoms with Gasteiger partial charge in [0.15, 0.2) is 32.9 Å². The molecule has 0 heterocycles. The van der Waals surface area contributed by atoms with E-state index in [-0.39, 0.29) is 5.78 Å². The Morgan fingerprint density at radius 2 is 0.929 bits per heavy atom. The van der Waals surface area contributed by atoms with Gasteiger partial charge in [-0.15, -0.1) is 0 Å². The van der Waals surface area contributed by atoms with Gasteiger partial charge in [-0.1, -0.05) is 78.6 Å². The molecule has 0 N–H and O–H groups in total. The van der Waals surface area contributed by atoms with Crippen LogP contribution in [0.1, 0.15) is 26.7 Å². The number of carbonyl (C=O) groups excluding carboxylic acids is 1. The van der Waals surface area contributed by atoms with Crippen LogP contribution in [0.3, 0.4) is 0 Å². The Labute approximate surface area is 179 Å². The number of Topliss-reactive ketones (excluding diaryl/α,β-unsaturated/α-hetero) is 1. The molecule has 0 amide bonds. The molecule has 0 saturated heterocycles. The van der Waals surface area contributed by atoms with Crippen molar-refractivity contribution < 1.29 is 4.79 Å². The molecule has 0 aromatic heterocycles. The summed E-state index contributed by atoms with van der Waals surface area (Å²) in [5, 5.41) is 10.2. The molecule has 0 atom stereocenters. The predicted octanol–water partition coefficient (Wildman–Crippen LogP) is 6.03. The number of ketones is 1. The molecule has 9 heteroatoms. The Hall–Kier alpha value is -0.522. The van der Waals surface area contributed by atoms with E-state index >= 15 is 0 Å². The molecule has 0 aromatic carbocycles. The summed E-state index contributed by atoms with van der Waals surface area (Å²) in [4.78, 5) is 11.9. The van der Waals surface area contributed by atoms with Gasteiger partial charge in [-0.05, 0) is 13.8 Å². The SMILES string of the molecule is CC(=O)C/C(C/C(C)=N/N([Si](C)(C)C)[Si](C)(C)C)=N\N([Si](C)(C)C)[Si](C)(C)C. The Morgan fingerprint density at radius 3 is 1.21 bits per heavy atom. The molecular weight excluding hydrogens is 413 g/mol. The van der Waals surface area contributed by atoms with E-state index in [1.165, 1.54) is 0 Å². The summed E-state index contributed by atoms with van der Waals surface area (Å²) in [7, 11) is -6.35. The van der Waals surface area contributed by atoms with Crippen molar-refractivity contribution in [2.45, 2.75) is 105 Å². The van der Waals surface area contributed by atoms with Gasteiger partial charge in [0.1, 0.15) is 5.78 Å². The van der Waals surface area contributed by atoms with E-state index in [0.717, 1.165) is 11.4 Å². The molecular formula is C19H46N4OSi4. The lowest BCUT2D eigenvalue weighted by Gasteiger charge is -2.42. The molecule has 0 unspecified atom stereocenters. The summed E-state index contributed by atoms with van der Waals surface area (Å²) in [5.41, 5.74) is 2.03. The molecule has 0 aromatic rings. The Morgan fingerprint density at radius 1 is 0.607 bits per heavy atom. The quantitative estimate of drug-likeness (QED) is 0.228. The Balaban J connectivity index is 6.04. The van der Waals surface area contributed by atoms with Gasteiger partial charge in [-0.2, -0.15) is 0 Å². The summed E-state index contributed by atoms with van der Waals surface area (Å²) in [5.74, 6) is 0.171. The lowest BCUT2D eigenvalue weighted by Crippen LogP contribution is -2.56. The van der Waals surface area contributed by atoms with Gasteiger partial charge >= 0.3 is 0 Å². The van der Waals surface area contributed by atoms with Gasteiger partial charge in [-0.3, -0.25) is 4.79 Å². The molecule has 0 fully saturated rings. The molecule has 0 aliphatic rings. The van der Waals surface area contributed by atoms with Gasteiger partial charge in [0.05, 0.1) is 0 Å². The summed E-state index contributed by atoms with van der Waals surface area (Å²) in [6.07, 6.45) is 1.09. The lowest BCUT2D eigenvalue weighted by atomic mass is 10.1. The largest absolute Gasteiger partial charge is 0.350 e. The third kappa shape index (κ3) is 9.79. The molecule has 28 heavy (non-hydrogen) atoms. The monoisotopic (exact) mass is 458 g/mol. The van der Waals surface area contributed by atoms with E-state index < -0.39 is 32.9 Å². The molecule has 0 spiro atoms. The van der Waals surface area contributed by atoms with Crippen LogP contribution in [0, 0.1) is 0 Å². The van der Waals surface area contributed by atoms with Gasteiger partial charge in [0.2, 0.25) is 0 Å². The minimum absolute atomic E-state index is 0.171.